The maximum absolute atomic E-state index is 13.0. The Kier molecular flexibility index (Phi) is 4.72. The van der Waals surface area contributed by atoms with Gasteiger partial charge in [0, 0.05) is 0 Å². The lowest BCUT2D eigenvalue weighted by Crippen LogP contribution is -2.43. The highest BCUT2D eigenvalue weighted by atomic mass is 16.5. The molecule has 3 aromatic carbocycles. The van der Waals surface area contributed by atoms with Gasteiger partial charge in [-0.15, -0.1) is 0 Å². The number of ether oxygens (including phenoxy) is 1. The van der Waals surface area contributed by atoms with E-state index in [1.807, 2.05) is 84.9 Å². The molecular formula is C23H19N3O2. The van der Waals surface area contributed by atoms with Crippen LogP contribution in [-0.4, -0.2) is 20.5 Å². The molecule has 1 aromatic heterocycles. The molecule has 0 saturated heterocycles. The maximum Gasteiger partial charge on any atom is 0.172 e. The molecule has 0 aliphatic rings. The van der Waals surface area contributed by atoms with Gasteiger partial charge < -0.3 is 4.74 Å². The number of para-hydroxylation sites is 1. The van der Waals surface area contributed by atoms with Gasteiger partial charge in [-0.05, 0) is 42.3 Å². The first kappa shape index (κ1) is 17.7. The van der Waals surface area contributed by atoms with E-state index in [2.05, 4.69) is 10.1 Å². The van der Waals surface area contributed by atoms with Crippen LogP contribution in [0.3, 0.4) is 0 Å². The molecule has 4 rings (SSSR count). The Labute approximate surface area is 163 Å². The fourth-order valence-corrected chi connectivity index (χ4v) is 3.45. The van der Waals surface area contributed by atoms with Gasteiger partial charge in [0.25, 0.3) is 0 Å². The normalized spacial score (nSPS) is 12.9. The molecule has 0 aliphatic carbocycles. The highest BCUT2D eigenvalue weighted by Crippen LogP contribution is 2.35. The van der Waals surface area contributed by atoms with E-state index in [9.17, 15) is 4.79 Å². The van der Waals surface area contributed by atoms with Crippen molar-refractivity contribution < 1.29 is 9.53 Å². The predicted octanol–water partition coefficient (Wildman–Crippen LogP) is 4.45. The van der Waals surface area contributed by atoms with Crippen molar-refractivity contribution in [1.82, 2.24) is 14.8 Å². The van der Waals surface area contributed by atoms with E-state index in [-0.39, 0.29) is 5.78 Å². The molecule has 0 N–H and O–H groups in total. The van der Waals surface area contributed by atoms with E-state index >= 15 is 0 Å². The number of ketones is 1. The number of aromatic nitrogens is 3. The van der Waals surface area contributed by atoms with Crippen molar-refractivity contribution in [3.05, 3.63) is 109 Å². The topological polar surface area (TPSA) is 57.0 Å². The first-order chi connectivity index (χ1) is 13.7. The van der Waals surface area contributed by atoms with Gasteiger partial charge in [0.1, 0.15) is 24.2 Å². The number of hydrogen-bond donors (Lipinski definition) is 0. The minimum absolute atomic E-state index is 0.0547. The third kappa shape index (κ3) is 3.07. The van der Waals surface area contributed by atoms with E-state index in [1.165, 1.54) is 6.33 Å². The van der Waals surface area contributed by atoms with Gasteiger partial charge in [-0.25, -0.2) is 9.67 Å². The maximum atomic E-state index is 13.0. The zero-order valence-electron chi connectivity index (χ0n) is 15.4. The summed E-state index contributed by atoms with van der Waals surface area (Å²) in [6, 6.07) is 26.7. The molecule has 0 fully saturated rings. The van der Waals surface area contributed by atoms with Crippen molar-refractivity contribution >= 4 is 5.78 Å². The van der Waals surface area contributed by atoms with E-state index in [0.29, 0.717) is 5.75 Å². The van der Waals surface area contributed by atoms with Crippen LogP contribution >= 0.6 is 0 Å². The summed E-state index contributed by atoms with van der Waals surface area (Å²) in [5.41, 5.74) is 0.519. The Morgan fingerprint density at radius 1 is 0.821 bits per heavy atom. The van der Waals surface area contributed by atoms with E-state index in [4.69, 9.17) is 4.74 Å². The SMILES string of the molecule is CC(=O)C(c1ccccc1)(c1ccc(Oc2ccccc2)cc1)n1cncn1. The number of hydrogen-bond acceptors (Lipinski definition) is 4. The largest absolute Gasteiger partial charge is 0.457 e. The second-order valence-corrected chi connectivity index (χ2v) is 6.41. The van der Waals surface area contributed by atoms with Crippen LogP contribution < -0.4 is 4.74 Å². The second-order valence-electron chi connectivity index (χ2n) is 6.41. The number of rotatable bonds is 6. The second kappa shape index (κ2) is 7.48. The van der Waals surface area contributed by atoms with Crippen LogP contribution in [0.15, 0.2) is 97.6 Å². The fraction of sp³-hybridized carbons (Fsp3) is 0.0870. The van der Waals surface area contributed by atoms with Crippen molar-refractivity contribution in [3.8, 4) is 11.5 Å². The molecule has 5 nitrogen and oxygen atoms in total. The highest BCUT2D eigenvalue weighted by molar-refractivity contribution is 5.91. The monoisotopic (exact) mass is 369 g/mol. The zero-order chi connectivity index (χ0) is 19.4. The van der Waals surface area contributed by atoms with Crippen molar-refractivity contribution in [2.24, 2.45) is 0 Å². The van der Waals surface area contributed by atoms with Crippen LogP contribution in [0.4, 0.5) is 0 Å². The Morgan fingerprint density at radius 2 is 1.39 bits per heavy atom. The minimum Gasteiger partial charge on any atom is -0.457 e. The van der Waals surface area contributed by atoms with Gasteiger partial charge in [-0.1, -0.05) is 60.7 Å². The fourth-order valence-electron chi connectivity index (χ4n) is 3.45. The lowest BCUT2D eigenvalue weighted by Gasteiger charge is -2.32. The molecular weight excluding hydrogens is 350 g/mol. The number of nitrogens with zero attached hydrogens (tertiary/aromatic N) is 3. The zero-order valence-corrected chi connectivity index (χ0v) is 15.4. The lowest BCUT2D eigenvalue weighted by atomic mass is 9.80. The third-order valence-electron chi connectivity index (χ3n) is 4.71. The first-order valence-corrected chi connectivity index (χ1v) is 8.96. The summed E-state index contributed by atoms with van der Waals surface area (Å²) in [5.74, 6) is 1.40. The summed E-state index contributed by atoms with van der Waals surface area (Å²) >= 11 is 0. The van der Waals surface area contributed by atoms with Crippen LogP contribution in [0, 0.1) is 0 Å². The highest BCUT2D eigenvalue weighted by Gasteiger charge is 2.42. The average molecular weight is 369 g/mol. The Hall–Kier alpha value is -3.73. The van der Waals surface area contributed by atoms with E-state index in [0.717, 1.165) is 16.9 Å². The Morgan fingerprint density at radius 3 is 1.96 bits per heavy atom. The van der Waals surface area contributed by atoms with Crippen molar-refractivity contribution in [3.63, 3.8) is 0 Å². The van der Waals surface area contributed by atoms with Crippen molar-refractivity contribution in [2.75, 3.05) is 0 Å². The quantitative estimate of drug-likeness (QED) is 0.504. The average Bonchev–Trinajstić information content (AvgIpc) is 3.26. The molecule has 1 unspecified atom stereocenters. The smallest absolute Gasteiger partial charge is 0.172 e. The minimum atomic E-state index is -1.09. The number of Topliss-reactive ketones (excluding diaryl/α,β-unsaturated/α-hetero) is 1. The molecule has 0 spiro atoms. The molecule has 0 radical (unpaired) electrons. The van der Waals surface area contributed by atoms with Crippen molar-refractivity contribution in [1.29, 1.82) is 0 Å². The van der Waals surface area contributed by atoms with Gasteiger partial charge in [0.15, 0.2) is 11.3 Å². The molecule has 138 valence electrons. The molecule has 0 bridgehead atoms. The molecule has 0 aliphatic heterocycles. The number of benzene rings is 3. The van der Waals surface area contributed by atoms with E-state index in [1.54, 1.807) is 17.9 Å². The Balaban J connectivity index is 1.80. The van der Waals surface area contributed by atoms with Gasteiger partial charge >= 0.3 is 0 Å². The molecule has 4 aromatic rings. The molecule has 1 heterocycles. The summed E-state index contributed by atoms with van der Waals surface area (Å²) in [5, 5.41) is 4.31. The lowest BCUT2D eigenvalue weighted by molar-refractivity contribution is -0.122. The summed E-state index contributed by atoms with van der Waals surface area (Å²) < 4.78 is 7.49. The standard InChI is InChI=1S/C23H19N3O2/c1-18(27)23(26-17-24-16-25-26,19-8-4-2-5-9-19)20-12-14-22(15-13-20)28-21-10-6-3-7-11-21/h2-17H,1H3. The van der Waals surface area contributed by atoms with Gasteiger partial charge in [0.2, 0.25) is 0 Å². The summed E-state index contributed by atoms with van der Waals surface area (Å²) in [6.07, 6.45) is 3.01. The van der Waals surface area contributed by atoms with Gasteiger partial charge in [-0.2, -0.15) is 5.10 Å². The molecule has 0 saturated carbocycles. The molecule has 1 atom stereocenters. The Bertz CT molecular complexity index is 1050. The summed E-state index contributed by atoms with van der Waals surface area (Å²) in [4.78, 5) is 17.1. The number of carbonyl (C=O) groups is 1. The number of carbonyl (C=O) groups excluding carboxylic acids is 1. The van der Waals surface area contributed by atoms with Crippen LogP contribution in [0.25, 0.3) is 0 Å². The summed E-state index contributed by atoms with van der Waals surface area (Å²) in [7, 11) is 0. The predicted molar refractivity (Wildman–Crippen MR) is 106 cm³/mol. The third-order valence-corrected chi connectivity index (χ3v) is 4.71. The van der Waals surface area contributed by atoms with Gasteiger partial charge in [-0.3, -0.25) is 4.79 Å². The first-order valence-electron chi connectivity index (χ1n) is 8.96. The van der Waals surface area contributed by atoms with Crippen LogP contribution in [0.5, 0.6) is 11.5 Å². The van der Waals surface area contributed by atoms with E-state index < -0.39 is 5.54 Å². The van der Waals surface area contributed by atoms with Gasteiger partial charge in [0.05, 0.1) is 0 Å². The molecule has 0 amide bonds. The molecule has 28 heavy (non-hydrogen) atoms. The van der Waals surface area contributed by atoms with Crippen LogP contribution in [0.2, 0.25) is 0 Å². The van der Waals surface area contributed by atoms with Crippen LogP contribution in [-0.2, 0) is 10.3 Å². The summed E-state index contributed by atoms with van der Waals surface area (Å²) in [6.45, 7) is 1.57. The van der Waals surface area contributed by atoms with Crippen molar-refractivity contribution in [2.45, 2.75) is 12.5 Å². The van der Waals surface area contributed by atoms with Crippen LogP contribution in [0.1, 0.15) is 18.1 Å². The molecule has 5 heteroatoms.